The van der Waals surface area contributed by atoms with Crippen molar-refractivity contribution in [3.63, 3.8) is 0 Å². The number of benzene rings is 2. The molecule has 106 valence electrons. The van der Waals surface area contributed by atoms with E-state index in [2.05, 4.69) is 10.3 Å². The monoisotopic (exact) mass is 338 g/mol. The van der Waals surface area contributed by atoms with Crippen molar-refractivity contribution in [1.82, 2.24) is 4.98 Å². The van der Waals surface area contributed by atoms with Crippen molar-refractivity contribution in [2.45, 2.75) is 0 Å². The van der Waals surface area contributed by atoms with Crippen LogP contribution in [0.25, 0.3) is 10.9 Å². The molecule has 0 bridgehead atoms. The average Bonchev–Trinajstić information content (AvgIpc) is 2.87. The fourth-order valence-electron chi connectivity index (χ4n) is 2.07. The number of aromatic nitrogens is 1. The van der Waals surface area contributed by atoms with Crippen LogP contribution in [0.4, 0.5) is 5.69 Å². The highest BCUT2D eigenvalue weighted by molar-refractivity contribution is 6.44. The van der Waals surface area contributed by atoms with Gasteiger partial charge in [-0.2, -0.15) is 0 Å². The molecule has 0 atom stereocenters. The number of halogens is 3. The van der Waals surface area contributed by atoms with Crippen LogP contribution in [0, 0.1) is 0 Å². The Morgan fingerprint density at radius 1 is 1.10 bits per heavy atom. The first kappa shape index (κ1) is 14.3. The van der Waals surface area contributed by atoms with Gasteiger partial charge in [0.15, 0.2) is 0 Å². The van der Waals surface area contributed by atoms with Crippen molar-refractivity contribution in [2.75, 3.05) is 5.32 Å². The van der Waals surface area contributed by atoms with E-state index >= 15 is 0 Å². The molecule has 2 N–H and O–H groups in total. The van der Waals surface area contributed by atoms with E-state index < -0.39 is 0 Å². The van der Waals surface area contributed by atoms with E-state index in [1.165, 1.54) is 0 Å². The number of fused-ring (bicyclic) bond motifs is 1. The highest BCUT2D eigenvalue weighted by Gasteiger charge is 2.14. The van der Waals surface area contributed by atoms with Gasteiger partial charge in [-0.3, -0.25) is 4.79 Å². The zero-order chi connectivity index (χ0) is 15.0. The second kappa shape index (κ2) is 5.60. The zero-order valence-electron chi connectivity index (χ0n) is 10.6. The number of H-pyrrole nitrogens is 1. The first-order chi connectivity index (χ1) is 10.1. The highest BCUT2D eigenvalue weighted by Crippen LogP contribution is 2.30. The van der Waals surface area contributed by atoms with Gasteiger partial charge in [-0.25, -0.2) is 0 Å². The van der Waals surface area contributed by atoms with Crippen LogP contribution >= 0.6 is 34.8 Å². The molecule has 2 aromatic carbocycles. The van der Waals surface area contributed by atoms with Gasteiger partial charge >= 0.3 is 0 Å². The minimum atomic E-state index is -0.285. The molecule has 3 nitrogen and oxygen atoms in total. The van der Waals surface area contributed by atoms with Crippen LogP contribution in [0.2, 0.25) is 15.1 Å². The Morgan fingerprint density at radius 2 is 1.90 bits per heavy atom. The lowest BCUT2D eigenvalue weighted by Crippen LogP contribution is -2.11. The molecular formula is C15H9Cl3N2O. The lowest BCUT2D eigenvalue weighted by atomic mass is 10.1. The number of carbonyl (C=O) groups excluding carboxylic acids is 1. The summed E-state index contributed by atoms with van der Waals surface area (Å²) < 4.78 is 0. The molecule has 6 heteroatoms. The number of hydrogen-bond donors (Lipinski definition) is 2. The Kier molecular flexibility index (Phi) is 3.81. The predicted octanol–water partition coefficient (Wildman–Crippen LogP) is 5.38. The molecule has 0 fully saturated rings. The second-order valence-corrected chi connectivity index (χ2v) is 5.67. The Balaban J connectivity index is 1.97. The van der Waals surface area contributed by atoms with E-state index in [1.807, 2.05) is 6.07 Å². The summed E-state index contributed by atoms with van der Waals surface area (Å²) >= 11 is 18.0. The molecule has 3 rings (SSSR count). The maximum Gasteiger partial charge on any atom is 0.257 e. The van der Waals surface area contributed by atoms with Crippen LogP contribution in [0.5, 0.6) is 0 Å². The van der Waals surface area contributed by atoms with E-state index in [0.29, 0.717) is 26.3 Å². The van der Waals surface area contributed by atoms with Crippen LogP contribution in [-0.2, 0) is 0 Å². The molecule has 0 saturated heterocycles. The van der Waals surface area contributed by atoms with E-state index in [1.54, 1.807) is 36.5 Å². The largest absolute Gasteiger partial charge is 0.360 e. The van der Waals surface area contributed by atoms with Gasteiger partial charge < -0.3 is 10.3 Å². The van der Waals surface area contributed by atoms with Crippen LogP contribution in [-0.4, -0.2) is 10.9 Å². The summed E-state index contributed by atoms with van der Waals surface area (Å²) in [5.74, 6) is -0.285. The topological polar surface area (TPSA) is 44.9 Å². The highest BCUT2D eigenvalue weighted by atomic mass is 35.5. The number of nitrogens with one attached hydrogen (secondary N) is 2. The first-order valence-corrected chi connectivity index (χ1v) is 7.21. The van der Waals surface area contributed by atoms with Crippen molar-refractivity contribution in [3.05, 3.63) is 63.2 Å². The third-order valence-electron chi connectivity index (χ3n) is 3.09. The van der Waals surface area contributed by atoms with Crippen LogP contribution in [0.3, 0.4) is 0 Å². The first-order valence-electron chi connectivity index (χ1n) is 6.08. The third kappa shape index (κ3) is 2.72. The number of anilines is 1. The molecule has 1 heterocycles. The molecule has 0 aliphatic heterocycles. The van der Waals surface area contributed by atoms with Crippen LogP contribution in [0.15, 0.2) is 42.6 Å². The molecule has 1 aromatic heterocycles. The summed E-state index contributed by atoms with van der Waals surface area (Å²) in [5.41, 5.74) is 1.79. The molecule has 0 radical (unpaired) electrons. The maximum absolute atomic E-state index is 12.4. The summed E-state index contributed by atoms with van der Waals surface area (Å²) in [5, 5.41) is 4.76. The van der Waals surface area contributed by atoms with Gasteiger partial charge in [0.2, 0.25) is 0 Å². The van der Waals surface area contributed by atoms with Gasteiger partial charge in [0, 0.05) is 22.1 Å². The molecule has 1 amide bonds. The Bertz CT molecular complexity index is 842. The zero-order valence-corrected chi connectivity index (χ0v) is 12.9. The van der Waals surface area contributed by atoms with Crippen LogP contribution in [0.1, 0.15) is 10.4 Å². The van der Waals surface area contributed by atoms with Crippen molar-refractivity contribution >= 4 is 57.3 Å². The van der Waals surface area contributed by atoms with Crippen molar-refractivity contribution < 1.29 is 4.79 Å². The number of hydrogen-bond acceptors (Lipinski definition) is 1. The van der Waals surface area contributed by atoms with Gasteiger partial charge in [-0.1, -0.05) is 40.9 Å². The van der Waals surface area contributed by atoms with Crippen molar-refractivity contribution in [2.24, 2.45) is 0 Å². The molecule has 0 aliphatic rings. The van der Waals surface area contributed by atoms with Gasteiger partial charge in [0.05, 0.1) is 21.3 Å². The van der Waals surface area contributed by atoms with E-state index in [0.717, 1.165) is 10.9 Å². The minimum absolute atomic E-state index is 0.285. The lowest BCUT2D eigenvalue weighted by molar-refractivity contribution is 0.102. The number of carbonyl (C=O) groups is 1. The number of amides is 1. The third-order valence-corrected chi connectivity index (χ3v) is 4.14. The molecule has 21 heavy (non-hydrogen) atoms. The van der Waals surface area contributed by atoms with Gasteiger partial charge in [-0.05, 0) is 30.3 Å². The summed E-state index contributed by atoms with van der Waals surface area (Å²) in [6.07, 6.45) is 1.63. The minimum Gasteiger partial charge on any atom is -0.360 e. The van der Waals surface area contributed by atoms with Crippen molar-refractivity contribution in [3.8, 4) is 0 Å². The molecule has 0 spiro atoms. The van der Waals surface area contributed by atoms with E-state index in [4.69, 9.17) is 34.8 Å². The molecular weight excluding hydrogens is 331 g/mol. The molecule has 0 saturated carbocycles. The summed E-state index contributed by atoms with van der Waals surface area (Å²) in [6.45, 7) is 0. The smallest absolute Gasteiger partial charge is 0.257 e. The molecule has 0 aliphatic carbocycles. The Morgan fingerprint density at radius 3 is 2.71 bits per heavy atom. The lowest BCUT2D eigenvalue weighted by Gasteiger charge is -2.07. The molecule has 3 aromatic rings. The Labute approximate surface area is 135 Å². The van der Waals surface area contributed by atoms with Gasteiger partial charge in [-0.15, -0.1) is 0 Å². The maximum atomic E-state index is 12.4. The normalized spacial score (nSPS) is 10.8. The fourth-order valence-corrected chi connectivity index (χ4v) is 2.59. The summed E-state index contributed by atoms with van der Waals surface area (Å²) in [7, 11) is 0. The van der Waals surface area contributed by atoms with Crippen LogP contribution < -0.4 is 5.32 Å². The summed E-state index contributed by atoms with van der Waals surface area (Å²) in [4.78, 5) is 15.4. The number of aromatic amines is 1. The predicted molar refractivity (Wildman–Crippen MR) is 87.7 cm³/mol. The second-order valence-electron chi connectivity index (χ2n) is 4.45. The Hall–Kier alpha value is -1.68. The SMILES string of the molecule is O=C(Nc1cccc(Cl)c1Cl)c1c[nH]c2ccc(Cl)cc12. The average molecular weight is 340 g/mol. The van der Waals surface area contributed by atoms with E-state index in [9.17, 15) is 4.79 Å². The fraction of sp³-hybridized carbons (Fsp3) is 0. The summed E-state index contributed by atoms with van der Waals surface area (Å²) in [6, 6.07) is 10.4. The van der Waals surface area contributed by atoms with Gasteiger partial charge in [0.25, 0.3) is 5.91 Å². The van der Waals surface area contributed by atoms with Crippen molar-refractivity contribution in [1.29, 1.82) is 0 Å². The molecule has 0 unspecified atom stereocenters. The quantitative estimate of drug-likeness (QED) is 0.647. The standard InChI is InChI=1S/C15H9Cl3N2O/c16-8-4-5-12-9(6-8)10(7-19-12)15(21)20-13-3-1-2-11(17)14(13)18/h1-7,19H,(H,20,21). The van der Waals surface area contributed by atoms with Gasteiger partial charge in [0.1, 0.15) is 0 Å². The van der Waals surface area contributed by atoms with E-state index in [-0.39, 0.29) is 5.91 Å². The number of rotatable bonds is 2.